The molecule has 1 amide bonds. The van der Waals surface area contributed by atoms with E-state index in [0.717, 1.165) is 18.7 Å². The molecule has 1 atom stereocenters. The minimum absolute atomic E-state index is 0.120. The number of carbonyl (C=O) groups excluding carboxylic acids is 1. The number of hydrogen-bond donors (Lipinski definition) is 3. The van der Waals surface area contributed by atoms with Crippen molar-refractivity contribution in [1.82, 2.24) is 16.0 Å². The summed E-state index contributed by atoms with van der Waals surface area (Å²) in [6, 6.07) is 6.17. The summed E-state index contributed by atoms with van der Waals surface area (Å²) in [5.74, 6) is -0.402. The number of hydrogen-bond acceptors (Lipinski definition) is 3. The lowest BCUT2D eigenvalue weighted by molar-refractivity contribution is -0.121. The van der Waals surface area contributed by atoms with E-state index >= 15 is 0 Å². The van der Waals surface area contributed by atoms with Gasteiger partial charge in [-0.1, -0.05) is 12.1 Å². The first-order chi connectivity index (χ1) is 8.12. The van der Waals surface area contributed by atoms with Gasteiger partial charge in [0.05, 0.1) is 0 Å². The topological polar surface area (TPSA) is 53.2 Å². The van der Waals surface area contributed by atoms with Gasteiger partial charge in [0.2, 0.25) is 5.91 Å². The number of nitrogens with one attached hydrogen (secondary N) is 3. The molecular weight excluding hydrogens is 221 g/mol. The molecule has 0 aromatic heterocycles. The van der Waals surface area contributed by atoms with E-state index < -0.39 is 5.66 Å². The summed E-state index contributed by atoms with van der Waals surface area (Å²) in [6.45, 7) is 3.65. The highest BCUT2D eigenvalue weighted by Gasteiger charge is 2.34. The standard InChI is InChI=1S/C12H16FN3O/c1-9(17)16-12(8-14-6-7-15-12)10-2-4-11(13)5-3-10/h2-5,14-15H,6-8H2,1H3,(H,16,17). The summed E-state index contributed by atoms with van der Waals surface area (Å²) in [6.07, 6.45) is 0. The fourth-order valence-corrected chi connectivity index (χ4v) is 2.10. The number of amides is 1. The van der Waals surface area contributed by atoms with Crippen LogP contribution in [0.25, 0.3) is 0 Å². The second-order valence-electron chi connectivity index (χ2n) is 4.20. The first-order valence-corrected chi connectivity index (χ1v) is 5.63. The number of halogens is 1. The number of carbonyl (C=O) groups is 1. The van der Waals surface area contributed by atoms with E-state index in [4.69, 9.17) is 0 Å². The first-order valence-electron chi connectivity index (χ1n) is 5.63. The van der Waals surface area contributed by atoms with Crippen LogP contribution in [0.1, 0.15) is 12.5 Å². The zero-order chi connectivity index (χ0) is 12.3. The molecule has 3 N–H and O–H groups in total. The largest absolute Gasteiger partial charge is 0.333 e. The van der Waals surface area contributed by atoms with Crippen molar-refractivity contribution in [3.8, 4) is 0 Å². The lowest BCUT2D eigenvalue weighted by Crippen LogP contribution is -2.65. The highest BCUT2D eigenvalue weighted by Crippen LogP contribution is 2.19. The van der Waals surface area contributed by atoms with E-state index in [1.807, 2.05) is 0 Å². The van der Waals surface area contributed by atoms with Gasteiger partial charge in [-0.3, -0.25) is 10.1 Å². The van der Waals surface area contributed by atoms with Gasteiger partial charge < -0.3 is 10.6 Å². The minimum atomic E-state index is -0.641. The molecule has 92 valence electrons. The van der Waals surface area contributed by atoms with E-state index in [1.165, 1.54) is 19.1 Å². The quantitative estimate of drug-likeness (QED) is 0.694. The predicted molar refractivity (Wildman–Crippen MR) is 62.8 cm³/mol. The molecule has 2 rings (SSSR count). The Morgan fingerprint density at radius 1 is 1.35 bits per heavy atom. The van der Waals surface area contributed by atoms with E-state index in [0.29, 0.717) is 6.54 Å². The van der Waals surface area contributed by atoms with Crippen molar-refractivity contribution < 1.29 is 9.18 Å². The van der Waals surface area contributed by atoms with Crippen LogP contribution in [-0.2, 0) is 10.5 Å². The molecule has 1 unspecified atom stereocenters. The lowest BCUT2D eigenvalue weighted by atomic mass is 9.97. The van der Waals surface area contributed by atoms with E-state index in [-0.39, 0.29) is 11.7 Å². The van der Waals surface area contributed by atoms with Crippen LogP contribution in [0.15, 0.2) is 24.3 Å². The Morgan fingerprint density at radius 3 is 2.59 bits per heavy atom. The van der Waals surface area contributed by atoms with Crippen LogP contribution in [0.4, 0.5) is 4.39 Å². The van der Waals surface area contributed by atoms with Crippen molar-refractivity contribution in [3.63, 3.8) is 0 Å². The summed E-state index contributed by atoms with van der Waals surface area (Å²) in [5, 5.41) is 9.40. The van der Waals surface area contributed by atoms with E-state index in [1.54, 1.807) is 12.1 Å². The molecule has 0 aliphatic carbocycles. The van der Waals surface area contributed by atoms with Crippen molar-refractivity contribution in [2.75, 3.05) is 19.6 Å². The Balaban J connectivity index is 2.31. The summed E-state index contributed by atoms with van der Waals surface area (Å²) < 4.78 is 12.9. The molecule has 1 aromatic rings. The zero-order valence-electron chi connectivity index (χ0n) is 9.72. The predicted octanol–water partition coefficient (Wildman–Crippen LogP) is 0.307. The van der Waals surface area contributed by atoms with Gasteiger partial charge in [0, 0.05) is 26.6 Å². The van der Waals surface area contributed by atoms with E-state index in [9.17, 15) is 9.18 Å². The van der Waals surface area contributed by atoms with Crippen LogP contribution in [0, 0.1) is 5.82 Å². The van der Waals surface area contributed by atoms with Crippen molar-refractivity contribution in [2.24, 2.45) is 0 Å². The number of piperazine rings is 1. The molecule has 1 heterocycles. The molecular formula is C12H16FN3O. The van der Waals surface area contributed by atoms with Gasteiger partial charge in [0.25, 0.3) is 0 Å². The van der Waals surface area contributed by atoms with Crippen LogP contribution in [-0.4, -0.2) is 25.5 Å². The van der Waals surface area contributed by atoms with Crippen molar-refractivity contribution in [1.29, 1.82) is 0 Å². The Labute approximate surface area is 99.6 Å². The molecule has 4 nitrogen and oxygen atoms in total. The maximum absolute atomic E-state index is 12.9. The highest BCUT2D eigenvalue weighted by atomic mass is 19.1. The third-order valence-corrected chi connectivity index (χ3v) is 2.85. The molecule has 1 aliphatic rings. The smallest absolute Gasteiger partial charge is 0.218 e. The van der Waals surface area contributed by atoms with Crippen molar-refractivity contribution in [3.05, 3.63) is 35.6 Å². The van der Waals surface area contributed by atoms with Gasteiger partial charge in [-0.15, -0.1) is 0 Å². The molecule has 17 heavy (non-hydrogen) atoms. The van der Waals surface area contributed by atoms with Crippen molar-refractivity contribution >= 4 is 5.91 Å². The molecule has 1 aromatic carbocycles. The SMILES string of the molecule is CC(=O)NC1(c2ccc(F)cc2)CNCCN1. The average Bonchev–Trinajstić information content (AvgIpc) is 2.30. The highest BCUT2D eigenvalue weighted by molar-refractivity contribution is 5.74. The summed E-state index contributed by atoms with van der Waals surface area (Å²) in [5.41, 5.74) is 0.207. The third kappa shape index (κ3) is 2.62. The van der Waals surface area contributed by atoms with Gasteiger partial charge >= 0.3 is 0 Å². The Hall–Kier alpha value is -1.46. The Kier molecular flexibility index (Phi) is 3.40. The van der Waals surface area contributed by atoms with Crippen LogP contribution >= 0.6 is 0 Å². The van der Waals surface area contributed by atoms with Crippen LogP contribution < -0.4 is 16.0 Å². The molecule has 1 saturated heterocycles. The normalized spacial score (nSPS) is 24.4. The fraction of sp³-hybridized carbons (Fsp3) is 0.417. The average molecular weight is 237 g/mol. The van der Waals surface area contributed by atoms with Gasteiger partial charge in [-0.2, -0.15) is 0 Å². The summed E-state index contributed by atoms with van der Waals surface area (Å²) in [4.78, 5) is 11.3. The molecule has 1 aliphatic heterocycles. The van der Waals surface area contributed by atoms with Gasteiger partial charge in [-0.05, 0) is 17.7 Å². The monoisotopic (exact) mass is 237 g/mol. The maximum Gasteiger partial charge on any atom is 0.218 e. The second kappa shape index (κ2) is 4.81. The first kappa shape index (κ1) is 12.0. The van der Waals surface area contributed by atoms with Crippen LogP contribution in [0.5, 0.6) is 0 Å². The van der Waals surface area contributed by atoms with Gasteiger partial charge in [0.15, 0.2) is 0 Å². The molecule has 5 heteroatoms. The summed E-state index contributed by atoms with van der Waals surface area (Å²) in [7, 11) is 0. The molecule has 0 bridgehead atoms. The zero-order valence-corrected chi connectivity index (χ0v) is 9.72. The maximum atomic E-state index is 12.9. The Morgan fingerprint density at radius 2 is 2.06 bits per heavy atom. The lowest BCUT2D eigenvalue weighted by Gasteiger charge is -2.39. The minimum Gasteiger partial charge on any atom is -0.333 e. The van der Waals surface area contributed by atoms with Crippen LogP contribution in [0.2, 0.25) is 0 Å². The van der Waals surface area contributed by atoms with Crippen LogP contribution in [0.3, 0.4) is 0 Å². The third-order valence-electron chi connectivity index (χ3n) is 2.85. The molecule has 0 saturated carbocycles. The number of benzene rings is 1. The van der Waals surface area contributed by atoms with E-state index in [2.05, 4.69) is 16.0 Å². The second-order valence-corrected chi connectivity index (χ2v) is 4.20. The molecule has 1 fully saturated rings. The molecule has 0 radical (unpaired) electrons. The van der Waals surface area contributed by atoms with Crippen molar-refractivity contribution in [2.45, 2.75) is 12.6 Å². The fourth-order valence-electron chi connectivity index (χ4n) is 2.10. The summed E-state index contributed by atoms with van der Waals surface area (Å²) >= 11 is 0. The van der Waals surface area contributed by atoms with Gasteiger partial charge in [0.1, 0.15) is 11.5 Å². The molecule has 0 spiro atoms. The van der Waals surface area contributed by atoms with Gasteiger partial charge in [-0.25, -0.2) is 4.39 Å². The Bertz CT molecular complexity index is 399. The number of rotatable bonds is 2.